The molecule has 0 aromatic carbocycles. The number of rotatable bonds is 0. The summed E-state index contributed by atoms with van der Waals surface area (Å²) in [6.45, 7) is 8.99. The fourth-order valence-electron chi connectivity index (χ4n) is 7.13. The van der Waals surface area contributed by atoms with Crippen LogP contribution in [-0.2, 0) is 4.79 Å². The number of hydrogen-bond donors (Lipinski definition) is 0. The second kappa shape index (κ2) is 1.56. The van der Waals surface area contributed by atoms with Gasteiger partial charge in [-0.2, -0.15) is 0 Å². The van der Waals surface area contributed by atoms with Crippen molar-refractivity contribution in [1.82, 2.24) is 0 Å². The molecule has 78 valence electrons. The molecule has 0 spiro atoms. The third-order valence-corrected chi connectivity index (χ3v) is 7.47. The first kappa shape index (κ1) is 7.65. The van der Waals surface area contributed by atoms with Gasteiger partial charge in [-0.1, -0.05) is 26.0 Å². The molecule has 1 nitrogen and oxygen atoms in total. The Morgan fingerprint density at radius 1 is 1.33 bits per heavy atom. The average Bonchev–Trinajstić information content (AvgIpc) is 2.74. The van der Waals surface area contributed by atoms with Crippen LogP contribution in [-0.4, -0.2) is 5.78 Å². The summed E-state index contributed by atoms with van der Waals surface area (Å²) in [5.74, 6) is 4.62. The van der Waals surface area contributed by atoms with Crippen molar-refractivity contribution in [1.29, 1.82) is 0 Å². The van der Waals surface area contributed by atoms with E-state index in [9.17, 15) is 4.79 Å². The van der Waals surface area contributed by atoms with Gasteiger partial charge in [-0.15, -0.1) is 0 Å². The third-order valence-electron chi connectivity index (χ3n) is 7.47. The van der Waals surface area contributed by atoms with Crippen LogP contribution in [0.5, 0.6) is 0 Å². The SMILES string of the molecule is C=C1C2C3CC4C2C(=O)C2(C)C1C3C42C. The molecule has 15 heavy (non-hydrogen) atoms. The summed E-state index contributed by atoms with van der Waals surface area (Å²) in [5, 5.41) is 0. The summed E-state index contributed by atoms with van der Waals surface area (Å²) >= 11 is 0. The van der Waals surface area contributed by atoms with Gasteiger partial charge < -0.3 is 0 Å². The Hall–Kier alpha value is -0.590. The van der Waals surface area contributed by atoms with Crippen molar-refractivity contribution < 1.29 is 4.79 Å². The summed E-state index contributed by atoms with van der Waals surface area (Å²) in [7, 11) is 0. The van der Waals surface area contributed by atoms with Crippen LogP contribution in [0.2, 0.25) is 0 Å². The Labute approximate surface area is 89.9 Å². The molecule has 5 aliphatic rings. The van der Waals surface area contributed by atoms with E-state index in [1.54, 1.807) is 0 Å². The minimum Gasteiger partial charge on any atom is -0.299 e. The molecule has 0 aromatic rings. The zero-order valence-corrected chi connectivity index (χ0v) is 9.29. The standard InChI is InChI=1S/C14H16O/c1-5-8-6-4-7-9(8)12(15)14(3)10(5)11(6)13(7,14)2/h6-11H,1,4H2,2-3H3. The highest BCUT2D eigenvalue weighted by Crippen LogP contribution is 2.92. The maximum absolute atomic E-state index is 12.5. The maximum atomic E-state index is 12.5. The van der Waals surface area contributed by atoms with Crippen molar-refractivity contribution in [3.63, 3.8) is 0 Å². The minimum absolute atomic E-state index is 0.00579. The molecule has 2 bridgehead atoms. The van der Waals surface area contributed by atoms with Gasteiger partial charge >= 0.3 is 0 Å². The van der Waals surface area contributed by atoms with E-state index in [-0.39, 0.29) is 5.41 Å². The van der Waals surface area contributed by atoms with Crippen LogP contribution in [0.15, 0.2) is 12.2 Å². The van der Waals surface area contributed by atoms with Gasteiger partial charge in [-0.25, -0.2) is 0 Å². The van der Waals surface area contributed by atoms with Crippen molar-refractivity contribution in [2.75, 3.05) is 0 Å². The first-order chi connectivity index (χ1) is 7.04. The first-order valence-corrected chi connectivity index (χ1v) is 6.27. The molecule has 8 unspecified atom stereocenters. The predicted molar refractivity (Wildman–Crippen MR) is 55.9 cm³/mol. The summed E-state index contributed by atoms with van der Waals surface area (Å²) in [5.41, 5.74) is 1.85. The Balaban J connectivity index is 1.95. The van der Waals surface area contributed by atoms with Crippen molar-refractivity contribution in [3.05, 3.63) is 12.2 Å². The Bertz CT molecular complexity index is 458. The van der Waals surface area contributed by atoms with E-state index in [2.05, 4.69) is 20.4 Å². The Morgan fingerprint density at radius 2 is 2.07 bits per heavy atom. The summed E-state index contributed by atoms with van der Waals surface area (Å²) in [4.78, 5) is 12.5. The van der Waals surface area contributed by atoms with Crippen molar-refractivity contribution >= 4 is 5.78 Å². The second-order valence-corrected chi connectivity index (χ2v) is 6.99. The van der Waals surface area contributed by atoms with Gasteiger partial charge in [0, 0.05) is 11.3 Å². The van der Waals surface area contributed by atoms with E-state index >= 15 is 0 Å². The van der Waals surface area contributed by atoms with Gasteiger partial charge in [0.25, 0.3) is 0 Å². The lowest BCUT2D eigenvalue weighted by molar-refractivity contribution is -0.164. The number of carbonyl (C=O) groups excluding carboxylic acids is 1. The van der Waals surface area contributed by atoms with E-state index in [4.69, 9.17) is 0 Å². The van der Waals surface area contributed by atoms with Crippen LogP contribution in [0.4, 0.5) is 0 Å². The molecule has 1 heteroatoms. The highest BCUT2D eigenvalue weighted by atomic mass is 16.1. The minimum atomic E-state index is 0.00579. The van der Waals surface area contributed by atoms with Crippen LogP contribution < -0.4 is 0 Å². The number of Topliss-reactive ketones (excluding diaryl/α,β-unsaturated/α-hetero) is 1. The fraction of sp³-hybridized carbons (Fsp3) is 0.786. The Morgan fingerprint density at radius 3 is 2.80 bits per heavy atom. The van der Waals surface area contributed by atoms with E-state index < -0.39 is 0 Å². The molecule has 0 aromatic heterocycles. The molecule has 0 heterocycles. The van der Waals surface area contributed by atoms with Crippen LogP contribution in [0.3, 0.4) is 0 Å². The summed E-state index contributed by atoms with van der Waals surface area (Å²) in [6.07, 6.45) is 1.34. The maximum Gasteiger partial charge on any atom is 0.143 e. The number of fused-ring (bicyclic) bond motifs is 2. The van der Waals surface area contributed by atoms with Crippen LogP contribution >= 0.6 is 0 Å². The van der Waals surface area contributed by atoms with Crippen LogP contribution in [0.1, 0.15) is 20.3 Å². The zero-order chi connectivity index (χ0) is 10.3. The van der Waals surface area contributed by atoms with E-state index in [1.807, 2.05) is 0 Å². The van der Waals surface area contributed by atoms with Gasteiger partial charge in [0.15, 0.2) is 0 Å². The second-order valence-electron chi connectivity index (χ2n) is 6.99. The summed E-state index contributed by atoms with van der Waals surface area (Å²) in [6, 6.07) is 0. The van der Waals surface area contributed by atoms with Gasteiger partial charge in [0.05, 0.1) is 0 Å². The van der Waals surface area contributed by atoms with Crippen molar-refractivity contribution in [2.24, 2.45) is 46.3 Å². The quantitative estimate of drug-likeness (QED) is 0.548. The highest BCUT2D eigenvalue weighted by Gasteiger charge is 2.91. The van der Waals surface area contributed by atoms with Gasteiger partial charge in [0.2, 0.25) is 0 Å². The lowest BCUT2D eigenvalue weighted by atomic mass is 9.41. The molecule has 0 amide bonds. The first-order valence-electron chi connectivity index (χ1n) is 6.27. The predicted octanol–water partition coefficient (Wildman–Crippen LogP) is 2.28. The van der Waals surface area contributed by atoms with E-state index in [1.165, 1.54) is 12.0 Å². The smallest absolute Gasteiger partial charge is 0.143 e. The van der Waals surface area contributed by atoms with Gasteiger partial charge in [0.1, 0.15) is 5.78 Å². The molecule has 0 saturated heterocycles. The molecular formula is C14H16O. The number of hydrogen-bond acceptors (Lipinski definition) is 1. The molecule has 0 aliphatic heterocycles. The number of carbonyl (C=O) groups is 1. The largest absolute Gasteiger partial charge is 0.299 e. The topological polar surface area (TPSA) is 17.1 Å². The number of ketones is 1. The molecule has 5 rings (SSSR count). The number of allylic oxidation sites excluding steroid dienone is 1. The molecule has 5 aliphatic carbocycles. The lowest BCUT2D eigenvalue weighted by Crippen LogP contribution is -2.61. The molecule has 8 atom stereocenters. The molecule has 5 fully saturated rings. The molecule has 0 N–H and O–H groups in total. The molecule has 0 radical (unpaired) electrons. The molecular weight excluding hydrogens is 184 g/mol. The van der Waals surface area contributed by atoms with Gasteiger partial charge in [-0.05, 0) is 41.4 Å². The van der Waals surface area contributed by atoms with E-state index in [0.29, 0.717) is 29.0 Å². The van der Waals surface area contributed by atoms with Crippen molar-refractivity contribution in [2.45, 2.75) is 20.3 Å². The van der Waals surface area contributed by atoms with Crippen LogP contribution in [0.25, 0.3) is 0 Å². The fourth-order valence-corrected chi connectivity index (χ4v) is 7.13. The Kier molecular flexibility index (Phi) is 0.794. The normalized spacial score (nSPS) is 75.9. The lowest BCUT2D eigenvalue weighted by Gasteiger charge is -2.61. The molecule has 5 saturated carbocycles. The van der Waals surface area contributed by atoms with Gasteiger partial charge in [-0.3, -0.25) is 4.79 Å². The highest BCUT2D eigenvalue weighted by molar-refractivity contribution is 5.97. The summed E-state index contributed by atoms with van der Waals surface area (Å²) < 4.78 is 0. The zero-order valence-electron chi connectivity index (χ0n) is 9.29. The van der Waals surface area contributed by atoms with Crippen LogP contribution in [0, 0.1) is 46.3 Å². The van der Waals surface area contributed by atoms with Crippen molar-refractivity contribution in [3.8, 4) is 0 Å². The monoisotopic (exact) mass is 200 g/mol. The third kappa shape index (κ3) is 0.373. The van der Waals surface area contributed by atoms with E-state index in [0.717, 1.165) is 17.8 Å². The average molecular weight is 200 g/mol.